The van der Waals surface area contributed by atoms with Gasteiger partial charge in [0.2, 0.25) is 0 Å². The van der Waals surface area contributed by atoms with E-state index in [1.54, 1.807) is 31.2 Å². The second kappa shape index (κ2) is 13.9. The molecule has 10 nitrogen and oxygen atoms in total. The molecule has 1 aromatic heterocycles. The summed E-state index contributed by atoms with van der Waals surface area (Å²) in [4.78, 5) is 44.5. The minimum absolute atomic E-state index is 0.0710. The fourth-order valence-corrected chi connectivity index (χ4v) is 6.38. The molecule has 0 N–H and O–H groups in total. The first-order valence-electron chi connectivity index (χ1n) is 14.9. The maximum Gasteiger partial charge on any atom is 0.338 e. The van der Waals surface area contributed by atoms with Crippen LogP contribution in [-0.4, -0.2) is 29.2 Å². The Kier molecular flexibility index (Phi) is 9.26. The Morgan fingerprint density at radius 1 is 1.02 bits per heavy atom. The minimum atomic E-state index is -1.03. The van der Waals surface area contributed by atoms with Gasteiger partial charge in [0.1, 0.15) is 12.4 Å². The van der Waals surface area contributed by atoms with Gasteiger partial charge < -0.3 is 14.2 Å². The molecule has 1 aliphatic rings. The molecular weight excluding hydrogens is 637 g/mol. The molecule has 0 bridgehead atoms. The van der Waals surface area contributed by atoms with Gasteiger partial charge in [-0.3, -0.25) is 19.5 Å². The summed E-state index contributed by atoms with van der Waals surface area (Å²) in [6.45, 7) is 1.89. The molecule has 0 radical (unpaired) electrons. The molecule has 242 valence electrons. The quantitative estimate of drug-likeness (QED) is 0.109. The third kappa shape index (κ3) is 6.38. The Morgan fingerprint density at radius 2 is 1.71 bits per heavy atom. The molecule has 0 unspecified atom stereocenters. The number of carbonyl (C=O) groups is 1. The maximum atomic E-state index is 14.2. The van der Waals surface area contributed by atoms with E-state index in [0.717, 1.165) is 16.9 Å². The summed E-state index contributed by atoms with van der Waals surface area (Å²) in [5.41, 5.74) is 1.54. The lowest BCUT2D eigenvalue weighted by molar-refractivity contribution is -0.385. The van der Waals surface area contributed by atoms with E-state index < -0.39 is 28.3 Å². The number of nitro groups is 1. The van der Waals surface area contributed by atoms with Crippen LogP contribution < -0.4 is 24.4 Å². The summed E-state index contributed by atoms with van der Waals surface area (Å²) in [5, 5.41) is 12.3. The zero-order chi connectivity index (χ0) is 33.8. The highest BCUT2D eigenvalue weighted by Crippen LogP contribution is 2.37. The second-order valence-corrected chi connectivity index (χ2v) is 11.6. The average molecular weight is 666 g/mol. The molecule has 0 saturated carbocycles. The number of methoxy groups -OCH3 is 1. The first-order valence-corrected chi connectivity index (χ1v) is 15.7. The predicted molar refractivity (Wildman–Crippen MR) is 178 cm³/mol. The summed E-state index contributed by atoms with van der Waals surface area (Å²) in [5.74, 6) is -0.783. The van der Waals surface area contributed by atoms with Crippen LogP contribution in [0.2, 0.25) is 0 Å². The lowest BCUT2D eigenvalue weighted by atomic mass is 9.93. The highest BCUT2D eigenvalue weighted by molar-refractivity contribution is 7.07. The molecule has 0 amide bonds. The van der Waals surface area contributed by atoms with Crippen molar-refractivity contribution in [3.8, 4) is 11.5 Å². The highest BCUT2D eigenvalue weighted by Gasteiger charge is 2.35. The van der Waals surface area contributed by atoms with Crippen LogP contribution in [0.15, 0.2) is 112 Å². The number of nitro benzene ring substituents is 1. The molecule has 1 atom stereocenters. The number of hydrogen-bond acceptors (Lipinski definition) is 9. The molecule has 2 heterocycles. The van der Waals surface area contributed by atoms with Gasteiger partial charge in [0.25, 0.3) is 11.2 Å². The number of esters is 1. The SMILES string of the molecule is CCOC(=O)C1=C(c2ccccc2)N=c2s/c(=C\c3cc(OC)c(OCc4ccccc4)cc3[N+](=O)[O-])c(=O)n2[C@H]1c1ccc(F)cc1. The topological polar surface area (TPSA) is 122 Å². The van der Waals surface area contributed by atoms with Crippen molar-refractivity contribution in [1.29, 1.82) is 0 Å². The second-order valence-electron chi connectivity index (χ2n) is 10.6. The summed E-state index contributed by atoms with van der Waals surface area (Å²) < 4.78 is 32.3. The number of halogens is 1. The maximum absolute atomic E-state index is 14.2. The molecule has 5 aromatic rings. The van der Waals surface area contributed by atoms with Gasteiger partial charge in [-0.25, -0.2) is 14.2 Å². The van der Waals surface area contributed by atoms with Gasteiger partial charge >= 0.3 is 5.97 Å². The Balaban J connectivity index is 1.55. The Hall–Kier alpha value is -5.88. The molecule has 1 aliphatic heterocycles. The number of aromatic nitrogens is 1. The van der Waals surface area contributed by atoms with Crippen LogP contribution in [0.5, 0.6) is 11.5 Å². The Morgan fingerprint density at radius 3 is 2.35 bits per heavy atom. The number of carbonyl (C=O) groups excluding carboxylic acids is 1. The highest BCUT2D eigenvalue weighted by atomic mass is 32.1. The molecule has 12 heteroatoms. The first-order chi connectivity index (χ1) is 23.3. The van der Waals surface area contributed by atoms with Crippen LogP contribution in [0.25, 0.3) is 11.8 Å². The van der Waals surface area contributed by atoms with Crippen molar-refractivity contribution in [3.05, 3.63) is 161 Å². The largest absolute Gasteiger partial charge is 0.493 e. The molecule has 0 aliphatic carbocycles. The molecule has 4 aromatic carbocycles. The molecule has 0 fully saturated rings. The molecular formula is C36H28FN3O7S. The monoisotopic (exact) mass is 665 g/mol. The van der Waals surface area contributed by atoms with E-state index in [4.69, 9.17) is 19.2 Å². The van der Waals surface area contributed by atoms with E-state index in [0.29, 0.717) is 16.8 Å². The molecule has 0 spiro atoms. The van der Waals surface area contributed by atoms with Crippen molar-refractivity contribution in [1.82, 2.24) is 4.57 Å². The van der Waals surface area contributed by atoms with Gasteiger partial charge in [-0.2, -0.15) is 0 Å². The zero-order valence-electron chi connectivity index (χ0n) is 25.8. The van der Waals surface area contributed by atoms with Gasteiger partial charge in [0.05, 0.1) is 52.1 Å². The minimum Gasteiger partial charge on any atom is -0.493 e. The first kappa shape index (κ1) is 32.1. The van der Waals surface area contributed by atoms with Crippen molar-refractivity contribution >= 4 is 34.8 Å². The number of ether oxygens (including phenoxy) is 3. The van der Waals surface area contributed by atoms with Gasteiger partial charge in [0.15, 0.2) is 16.3 Å². The number of thiazole rings is 1. The van der Waals surface area contributed by atoms with Crippen LogP contribution in [0, 0.1) is 15.9 Å². The van der Waals surface area contributed by atoms with E-state index >= 15 is 0 Å². The van der Waals surface area contributed by atoms with Gasteiger partial charge in [-0.05, 0) is 42.3 Å². The van der Waals surface area contributed by atoms with Gasteiger partial charge in [0, 0.05) is 5.56 Å². The number of fused-ring (bicyclic) bond motifs is 1. The molecule has 48 heavy (non-hydrogen) atoms. The van der Waals surface area contributed by atoms with Crippen LogP contribution in [0.3, 0.4) is 0 Å². The van der Waals surface area contributed by atoms with Crippen molar-refractivity contribution in [2.75, 3.05) is 13.7 Å². The van der Waals surface area contributed by atoms with Crippen molar-refractivity contribution in [3.63, 3.8) is 0 Å². The number of hydrogen-bond donors (Lipinski definition) is 0. The molecule has 6 rings (SSSR count). The van der Waals surface area contributed by atoms with E-state index in [-0.39, 0.29) is 50.9 Å². The Bertz CT molecular complexity index is 2210. The van der Waals surface area contributed by atoms with E-state index in [9.17, 15) is 24.1 Å². The van der Waals surface area contributed by atoms with Crippen LogP contribution in [-0.2, 0) is 16.1 Å². The van der Waals surface area contributed by atoms with Crippen LogP contribution in [0.1, 0.15) is 35.2 Å². The lowest BCUT2D eigenvalue weighted by Gasteiger charge is -2.25. The fraction of sp³-hybridized carbons (Fsp3) is 0.139. The van der Waals surface area contributed by atoms with Crippen LogP contribution >= 0.6 is 11.3 Å². The smallest absolute Gasteiger partial charge is 0.338 e. The normalized spacial score (nSPS) is 14.2. The van der Waals surface area contributed by atoms with Crippen LogP contribution in [0.4, 0.5) is 10.1 Å². The number of benzene rings is 4. The molecule has 0 saturated heterocycles. The van der Waals surface area contributed by atoms with Crippen molar-refractivity contribution < 1.29 is 28.3 Å². The summed E-state index contributed by atoms with van der Waals surface area (Å²) in [7, 11) is 1.42. The third-order valence-electron chi connectivity index (χ3n) is 7.59. The standard InChI is InChI=1S/C36H28FN3O7S/c1-3-46-35(42)31-32(23-12-8-5-9-13-23)38-36-39(33(31)24-14-16-26(37)17-15-24)34(41)30(48-36)19-25-18-28(45-2)29(20-27(25)40(43)44)47-21-22-10-6-4-7-11-22/h4-20,33H,3,21H2,1-2H3/b30-19-/t33-/m0/s1. The zero-order valence-corrected chi connectivity index (χ0v) is 26.6. The van der Waals surface area contributed by atoms with E-state index in [1.807, 2.05) is 36.4 Å². The number of nitrogens with zero attached hydrogens (tertiary/aromatic N) is 3. The average Bonchev–Trinajstić information content (AvgIpc) is 3.41. The van der Waals surface area contributed by atoms with Crippen molar-refractivity contribution in [2.24, 2.45) is 4.99 Å². The fourth-order valence-electron chi connectivity index (χ4n) is 5.39. The van der Waals surface area contributed by atoms with Gasteiger partial charge in [-0.1, -0.05) is 84.1 Å². The summed E-state index contributed by atoms with van der Waals surface area (Å²) in [6.07, 6.45) is 1.39. The predicted octanol–water partition coefficient (Wildman–Crippen LogP) is 5.57. The summed E-state index contributed by atoms with van der Waals surface area (Å²) >= 11 is 1.00. The third-order valence-corrected chi connectivity index (χ3v) is 8.58. The van der Waals surface area contributed by atoms with Crippen molar-refractivity contribution in [2.45, 2.75) is 19.6 Å². The number of rotatable bonds is 10. The Labute approximate surface area is 277 Å². The van der Waals surface area contributed by atoms with E-state index in [2.05, 4.69) is 0 Å². The lowest BCUT2D eigenvalue weighted by Crippen LogP contribution is -2.40. The van der Waals surface area contributed by atoms with E-state index in [1.165, 1.54) is 54.2 Å². The van der Waals surface area contributed by atoms with Gasteiger partial charge in [-0.15, -0.1) is 0 Å². The summed E-state index contributed by atoms with van der Waals surface area (Å²) in [6, 6.07) is 25.4.